The van der Waals surface area contributed by atoms with Crippen molar-refractivity contribution in [2.24, 2.45) is 11.3 Å². The lowest BCUT2D eigenvalue weighted by atomic mass is 9.72. The third-order valence-corrected chi connectivity index (χ3v) is 6.43. The molecule has 0 radical (unpaired) electrons. The maximum absolute atomic E-state index is 13.2. The van der Waals surface area contributed by atoms with E-state index in [1.807, 2.05) is 30.3 Å². The fraction of sp³-hybridized carbons (Fsp3) is 0.636. The van der Waals surface area contributed by atoms with Crippen LogP contribution in [0.1, 0.15) is 24.8 Å². The second-order valence-corrected chi connectivity index (χ2v) is 8.30. The van der Waals surface area contributed by atoms with Gasteiger partial charge in [-0.15, -0.1) is 0 Å². The van der Waals surface area contributed by atoms with E-state index >= 15 is 0 Å². The van der Waals surface area contributed by atoms with Gasteiger partial charge in [0, 0.05) is 32.7 Å². The number of aliphatic hydroxyl groups excluding tert-OH is 1. The number of carbonyl (C=O) groups excluding carboxylic acids is 1. The summed E-state index contributed by atoms with van der Waals surface area (Å²) in [6, 6.07) is 9.34. The lowest BCUT2D eigenvalue weighted by molar-refractivity contribution is -0.167. The third-order valence-electron chi connectivity index (χ3n) is 6.43. The van der Waals surface area contributed by atoms with E-state index in [9.17, 15) is 19.8 Å². The number of amides is 1. The first kappa shape index (κ1) is 21.7. The van der Waals surface area contributed by atoms with E-state index in [1.165, 1.54) is 0 Å². The molecule has 2 fully saturated rings. The van der Waals surface area contributed by atoms with Crippen molar-refractivity contribution >= 4 is 11.9 Å². The summed E-state index contributed by atoms with van der Waals surface area (Å²) in [7, 11) is 1.69. The van der Waals surface area contributed by atoms with Gasteiger partial charge in [-0.2, -0.15) is 0 Å². The highest BCUT2D eigenvalue weighted by atomic mass is 16.5. The van der Waals surface area contributed by atoms with Crippen molar-refractivity contribution < 1.29 is 24.5 Å². The Morgan fingerprint density at radius 1 is 1.14 bits per heavy atom. The number of aliphatic carboxylic acids is 1. The van der Waals surface area contributed by atoms with Crippen LogP contribution in [0.15, 0.2) is 30.3 Å². The first-order valence-electron chi connectivity index (χ1n) is 10.4. The van der Waals surface area contributed by atoms with Crippen molar-refractivity contribution in [3.63, 3.8) is 0 Å². The number of methoxy groups -OCH3 is 1. The van der Waals surface area contributed by atoms with Gasteiger partial charge in [0.05, 0.1) is 12.7 Å². The van der Waals surface area contributed by atoms with Crippen LogP contribution in [0.25, 0.3) is 0 Å². The molecule has 160 valence electrons. The molecule has 2 aliphatic rings. The molecule has 1 aromatic rings. The Morgan fingerprint density at radius 3 is 2.45 bits per heavy atom. The van der Waals surface area contributed by atoms with Gasteiger partial charge in [-0.3, -0.25) is 9.59 Å². The van der Waals surface area contributed by atoms with Crippen LogP contribution in [-0.4, -0.2) is 84.4 Å². The Bertz CT molecular complexity index is 690. The molecule has 0 bridgehead atoms. The number of carbonyl (C=O) groups is 2. The third kappa shape index (κ3) is 4.97. The molecule has 2 aliphatic heterocycles. The lowest BCUT2D eigenvalue weighted by Gasteiger charge is -2.45. The molecule has 0 aliphatic carbocycles. The van der Waals surface area contributed by atoms with Crippen LogP contribution >= 0.6 is 0 Å². The van der Waals surface area contributed by atoms with Gasteiger partial charge < -0.3 is 24.7 Å². The summed E-state index contributed by atoms with van der Waals surface area (Å²) in [6.07, 6.45) is 1.09. The predicted octanol–water partition coefficient (Wildman–Crippen LogP) is 1.25. The monoisotopic (exact) mass is 404 g/mol. The van der Waals surface area contributed by atoms with Crippen molar-refractivity contribution in [1.29, 1.82) is 0 Å². The van der Waals surface area contributed by atoms with Crippen molar-refractivity contribution in [1.82, 2.24) is 9.80 Å². The van der Waals surface area contributed by atoms with E-state index in [4.69, 9.17) is 4.74 Å². The summed E-state index contributed by atoms with van der Waals surface area (Å²) in [5.74, 6) is -1.09. The van der Waals surface area contributed by atoms with Crippen LogP contribution in [-0.2, 0) is 20.7 Å². The molecule has 2 saturated heterocycles. The quantitative estimate of drug-likeness (QED) is 0.711. The molecule has 7 nitrogen and oxygen atoms in total. The Labute approximate surface area is 172 Å². The van der Waals surface area contributed by atoms with E-state index in [2.05, 4.69) is 4.90 Å². The number of nitrogens with zero attached hydrogens (tertiary/aromatic N) is 2. The fourth-order valence-electron chi connectivity index (χ4n) is 4.57. The number of hydrogen-bond acceptors (Lipinski definition) is 5. The summed E-state index contributed by atoms with van der Waals surface area (Å²) in [5.41, 5.74) is -0.510. The molecule has 2 atom stereocenters. The van der Waals surface area contributed by atoms with Crippen LogP contribution < -0.4 is 0 Å². The average molecular weight is 405 g/mol. The molecule has 0 saturated carbocycles. The van der Waals surface area contributed by atoms with E-state index in [1.54, 1.807) is 12.0 Å². The molecule has 2 N–H and O–H groups in total. The van der Waals surface area contributed by atoms with Gasteiger partial charge in [0.25, 0.3) is 0 Å². The number of carboxylic acids is 1. The molecule has 7 heteroatoms. The Morgan fingerprint density at radius 2 is 1.83 bits per heavy atom. The summed E-state index contributed by atoms with van der Waals surface area (Å²) in [6.45, 7) is 3.72. The molecule has 29 heavy (non-hydrogen) atoms. The summed E-state index contributed by atoms with van der Waals surface area (Å²) >= 11 is 0. The van der Waals surface area contributed by atoms with Crippen LogP contribution in [0, 0.1) is 11.3 Å². The summed E-state index contributed by atoms with van der Waals surface area (Å²) in [5, 5.41) is 20.7. The molecule has 0 aromatic heterocycles. The second-order valence-electron chi connectivity index (χ2n) is 8.30. The molecule has 1 amide bonds. The van der Waals surface area contributed by atoms with E-state index < -0.39 is 17.5 Å². The molecular formula is C22H32N2O5. The minimum absolute atomic E-state index is 0.0296. The van der Waals surface area contributed by atoms with Crippen LogP contribution in [0.2, 0.25) is 0 Å². The van der Waals surface area contributed by atoms with Crippen molar-refractivity contribution in [2.45, 2.75) is 31.8 Å². The highest BCUT2D eigenvalue weighted by molar-refractivity contribution is 5.82. The highest BCUT2D eigenvalue weighted by Gasteiger charge is 2.50. The minimum Gasteiger partial charge on any atom is -0.481 e. The van der Waals surface area contributed by atoms with Gasteiger partial charge in [-0.05, 0) is 44.3 Å². The number of rotatable bonds is 7. The molecule has 1 unspecified atom stereocenters. The largest absolute Gasteiger partial charge is 0.481 e. The van der Waals surface area contributed by atoms with Crippen LogP contribution in [0.3, 0.4) is 0 Å². The zero-order valence-corrected chi connectivity index (χ0v) is 17.1. The molecular weight excluding hydrogens is 372 g/mol. The molecule has 1 aromatic carbocycles. The average Bonchev–Trinajstić information content (AvgIpc) is 2.74. The second kappa shape index (κ2) is 9.69. The molecule has 3 rings (SSSR count). The normalized spacial score (nSPS) is 26.4. The molecule has 2 heterocycles. The minimum atomic E-state index is -1.37. The maximum Gasteiger partial charge on any atom is 0.314 e. The Kier molecular flexibility index (Phi) is 7.27. The number of ether oxygens (including phenoxy) is 1. The maximum atomic E-state index is 13.2. The van der Waals surface area contributed by atoms with E-state index in [0.29, 0.717) is 13.2 Å². The van der Waals surface area contributed by atoms with Gasteiger partial charge in [-0.25, -0.2) is 0 Å². The van der Waals surface area contributed by atoms with Gasteiger partial charge in [0.1, 0.15) is 5.41 Å². The summed E-state index contributed by atoms with van der Waals surface area (Å²) in [4.78, 5) is 29.4. The van der Waals surface area contributed by atoms with E-state index in [-0.39, 0.29) is 31.2 Å². The molecule has 0 spiro atoms. The number of hydrogen-bond donors (Lipinski definition) is 2. The van der Waals surface area contributed by atoms with Gasteiger partial charge in [-0.1, -0.05) is 30.3 Å². The number of likely N-dealkylation sites (tertiary alicyclic amines) is 2. The zero-order valence-electron chi connectivity index (χ0n) is 17.1. The SMILES string of the molecule is COCCN1CCC(C(=O)N2CCC(O)[C@@](Cc3ccccc3)(C(=O)O)C2)CC1. The van der Waals surface area contributed by atoms with Gasteiger partial charge in [0.15, 0.2) is 0 Å². The first-order valence-corrected chi connectivity index (χ1v) is 10.4. The van der Waals surface area contributed by atoms with Crippen LogP contribution in [0.5, 0.6) is 0 Å². The number of carboxylic acid groups (broad SMARTS) is 1. The summed E-state index contributed by atoms with van der Waals surface area (Å²) < 4.78 is 5.12. The predicted molar refractivity (Wildman–Crippen MR) is 108 cm³/mol. The van der Waals surface area contributed by atoms with Crippen molar-refractivity contribution in [2.75, 3.05) is 46.4 Å². The Balaban J connectivity index is 1.68. The standard InChI is InChI=1S/C22H32N2O5/c1-29-14-13-23-10-7-18(8-11-23)20(26)24-12-9-19(25)22(16-24,21(27)28)15-17-5-3-2-4-6-17/h2-6,18-19,25H,7-16H2,1H3,(H,27,28)/t19?,22-/m0/s1. The zero-order chi connectivity index (χ0) is 20.9. The number of aliphatic hydroxyl groups is 1. The fourth-order valence-corrected chi connectivity index (χ4v) is 4.57. The first-order chi connectivity index (χ1) is 14.0. The Hall–Kier alpha value is -1.96. The topological polar surface area (TPSA) is 90.3 Å². The van der Waals surface area contributed by atoms with Crippen molar-refractivity contribution in [3.8, 4) is 0 Å². The smallest absolute Gasteiger partial charge is 0.314 e. The highest BCUT2D eigenvalue weighted by Crippen LogP contribution is 2.36. The lowest BCUT2D eigenvalue weighted by Crippen LogP contribution is -2.59. The number of piperidine rings is 2. The van der Waals surface area contributed by atoms with Crippen molar-refractivity contribution in [3.05, 3.63) is 35.9 Å². The van der Waals surface area contributed by atoms with Gasteiger partial charge in [0.2, 0.25) is 5.91 Å². The van der Waals surface area contributed by atoms with E-state index in [0.717, 1.165) is 38.0 Å². The number of benzene rings is 1. The van der Waals surface area contributed by atoms with Gasteiger partial charge >= 0.3 is 5.97 Å². The van der Waals surface area contributed by atoms with Crippen LogP contribution in [0.4, 0.5) is 0 Å².